The average molecular weight is 449 g/mol. The number of nitrogens with zero attached hydrogens (tertiary/aromatic N) is 2. The molecule has 0 bridgehead atoms. The zero-order chi connectivity index (χ0) is 23.1. The lowest BCUT2D eigenvalue weighted by Gasteiger charge is -2.33. The molecule has 1 heterocycles. The van der Waals surface area contributed by atoms with Crippen LogP contribution in [0.2, 0.25) is 0 Å². The van der Waals surface area contributed by atoms with E-state index in [1.807, 2.05) is 0 Å². The molecule has 0 amide bonds. The Bertz CT molecular complexity index is 406. The van der Waals surface area contributed by atoms with Gasteiger partial charge in [-0.05, 0) is 25.7 Å². The van der Waals surface area contributed by atoms with Gasteiger partial charge in [-0.1, -0.05) is 136 Å². The quantitative estimate of drug-likeness (QED) is 0.135. The van der Waals surface area contributed by atoms with Crippen LogP contribution in [0.5, 0.6) is 0 Å². The van der Waals surface area contributed by atoms with Crippen LogP contribution in [0.1, 0.15) is 162 Å². The minimum absolute atomic E-state index is 0.644. The van der Waals surface area contributed by atoms with Gasteiger partial charge < -0.3 is 9.80 Å². The SMILES string of the molecule is CCCCCCCCCCC1N(CCCCCCC)C=CN1CCCCCCCCCC. The van der Waals surface area contributed by atoms with Gasteiger partial charge in [-0.2, -0.15) is 0 Å². The summed E-state index contributed by atoms with van der Waals surface area (Å²) in [6.07, 6.45) is 36.5. The summed E-state index contributed by atoms with van der Waals surface area (Å²) in [5.74, 6) is 0. The molecular formula is C30H60N2. The lowest BCUT2D eigenvalue weighted by molar-refractivity contribution is 0.135. The van der Waals surface area contributed by atoms with Crippen molar-refractivity contribution in [1.82, 2.24) is 9.80 Å². The van der Waals surface area contributed by atoms with Gasteiger partial charge in [0.05, 0.1) is 0 Å². The highest BCUT2D eigenvalue weighted by Crippen LogP contribution is 2.24. The van der Waals surface area contributed by atoms with Crippen molar-refractivity contribution in [2.24, 2.45) is 0 Å². The number of unbranched alkanes of at least 4 members (excludes halogenated alkanes) is 18. The van der Waals surface area contributed by atoms with Crippen LogP contribution in [0.4, 0.5) is 0 Å². The van der Waals surface area contributed by atoms with E-state index in [1.54, 1.807) is 0 Å². The van der Waals surface area contributed by atoms with E-state index < -0.39 is 0 Å². The smallest absolute Gasteiger partial charge is 0.101 e. The first-order valence-electron chi connectivity index (χ1n) is 15.0. The van der Waals surface area contributed by atoms with Gasteiger partial charge in [0.1, 0.15) is 6.17 Å². The summed E-state index contributed by atoms with van der Waals surface area (Å²) in [5, 5.41) is 0. The van der Waals surface area contributed by atoms with Crippen LogP contribution in [0.15, 0.2) is 12.4 Å². The predicted octanol–water partition coefficient (Wildman–Crippen LogP) is 10.0. The second kappa shape index (κ2) is 22.1. The molecule has 1 aliphatic rings. The molecule has 0 aromatic rings. The van der Waals surface area contributed by atoms with Crippen LogP contribution >= 0.6 is 0 Å². The molecule has 190 valence electrons. The van der Waals surface area contributed by atoms with Crippen LogP contribution in [0, 0.1) is 0 Å². The minimum Gasteiger partial charge on any atom is -0.356 e. The van der Waals surface area contributed by atoms with E-state index in [9.17, 15) is 0 Å². The normalized spacial score (nSPS) is 15.9. The van der Waals surface area contributed by atoms with Gasteiger partial charge in [-0.3, -0.25) is 0 Å². The summed E-state index contributed by atoms with van der Waals surface area (Å²) >= 11 is 0. The molecule has 1 aliphatic heterocycles. The fourth-order valence-corrected chi connectivity index (χ4v) is 5.13. The van der Waals surface area contributed by atoms with Crippen molar-refractivity contribution in [3.05, 3.63) is 12.4 Å². The highest BCUT2D eigenvalue weighted by atomic mass is 15.4. The number of hydrogen-bond acceptors (Lipinski definition) is 2. The van der Waals surface area contributed by atoms with E-state index in [2.05, 4.69) is 43.0 Å². The molecule has 0 N–H and O–H groups in total. The molecule has 2 nitrogen and oxygen atoms in total. The fraction of sp³-hybridized carbons (Fsp3) is 0.933. The van der Waals surface area contributed by atoms with Gasteiger partial charge in [-0.15, -0.1) is 0 Å². The van der Waals surface area contributed by atoms with Crippen LogP contribution in [0.25, 0.3) is 0 Å². The maximum absolute atomic E-state index is 2.68. The van der Waals surface area contributed by atoms with E-state index in [0.29, 0.717) is 6.17 Å². The Labute approximate surface area is 203 Å². The predicted molar refractivity (Wildman–Crippen MR) is 145 cm³/mol. The van der Waals surface area contributed by atoms with Crippen molar-refractivity contribution >= 4 is 0 Å². The molecule has 32 heavy (non-hydrogen) atoms. The Morgan fingerprint density at radius 2 is 0.719 bits per heavy atom. The van der Waals surface area contributed by atoms with E-state index in [1.165, 1.54) is 154 Å². The van der Waals surface area contributed by atoms with Crippen molar-refractivity contribution in [3.8, 4) is 0 Å². The zero-order valence-electron chi connectivity index (χ0n) is 22.6. The Balaban J connectivity index is 2.27. The molecule has 0 spiro atoms. The molecule has 0 fully saturated rings. The first kappa shape index (κ1) is 29.4. The Hall–Kier alpha value is -0.660. The summed E-state index contributed by atoms with van der Waals surface area (Å²) in [5.41, 5.74) is 0. The van der Waals surface area contributed by atoms with E-state index in [-0.39, 0.29) is 0 Å². The van der Waals surface area contributed by atoms with Gasteiger partial charge in [0.2, 0.25) is 0 Å². The summed E-state index contributed by atoms with van der Waals surface area (Å²) < 4.78 is 0. The van der Waals surface area contributed by atoms with Crippen molar-refractivity contribution in [1.29, 1.82) is 0 Å². The zero-order valence-corrected chi connectivity index (χ0v) is 22.6. The molecule has 1 unspecified atom stereocenters. The Kier molecular flexibility index (Phi) is 20.3. The summed E-state index contributed by atoms with van der Waals surface area (Å²) in [7, 11) is 0. The summed E-state index contributed by atoms with van der Waals surface area (Å²) in [4.78, 5) is 5.36. The van der Waals surface area contributed by atoms with Crippen LogP contribution in [-0.2, 0) is 0 Å². The third-order valence-corrected chi connectivity index (χ3v) is 7.32. The van der Waals surface area contributed by atoms with Gasteiger partial charge in [0.15, 0.2) is 0 Å². The van der Waals surface area contributed by atoms with Crippen LogP contribution < -0.4 is 0 Å². The summed E-state index contributed by atoms with van der Waals surface area (Å²) in [6.45, 7) is 9.45. The van der Waals surface area contributed by atoms with Gasteiger partial charge in [0.25, 0.3) is 0 Å². The Morgan fingerprint density at radius 3 is 1.09 bits per heavy atom. The second-order valence-electron chi connectivity index (χ2n) is 10.4. The molecule has 0 saturated carbocycles. The number of hydrogen-bond donors (Lipinski definition) is 0. The fourth-order valence-electron chi connectivity index (χ4n) is 5.13. The van der Waals surface area contributed by atoms with E-state index >= 15 is 0 Å². The molecule has 1 atom stereocenters. The van der Waals surface area contributed by atoms with E-state index in [0.717, 1.165) is 0 Å². The largest absolute Gasteiger partial charge is 0.356 e. The van der Waals surface area contributed by atoms with Gasteiger partial charge in [0, 0.05) is 25.5 Å². The van der Waals surface area contributed by atoms with Crippen molar-refractivity contribution in [2.75, 3.05) is 13.1 Å². The van der Waals surface area contributed by atoms with E-state index in [4.69, 9.17) is 0 Å². The lowest BCUT2D eigenvalue weighted by atomic mass is 10.1. The topological polar surface area (TPSA) is 6.48 Å². The van der Waals surface area contributed by atoms with Gasteiger partial charge >= 0.3 is 0 Å². The maximum atomic E-state index is 2.68. The van der Waals surface area contributed by atoms with Gasteiger partial charge in [-0.25, -0.2) is 0 Å². The molecule has 0 radical (unpaired) electrons. The van der Waals surface area contributed by atoms with Crippen molar-refractivity contribution < 1.29 is 0 Å². The molecule has 0 aromatic heterocycles. The molecular weight excluding hydrogens is 388 g/mol. The molecule has 0 aliphatic carbocycles. The van der Waals surface area contributed by atoms with Crippen LogP contribution in [-0.4, -0.2) is 29.1 Å². The van der Waals surface area contributed by atoms with Crippen molar-refractivity contribution in [3.63, 3.8) is 0 Å². The monoisotopic (exact) mass is 448 g/mol. The average Bonchev–Trinajstić information content (AvgIpc) is 3.18. The first-order chi connectivity index (χ1) is 15.8. The highest BCUT2D eigenvalue weighted by Gasteiger charge is 2.24. The standard InChI is InChI=1S/C30H60N2/c1-4-7-10-13-15-17-19-22-25-30-31(26-23-20-12-9-6-3)28-29-32(30)27-24-21-18-16-14-11-8-5-2/h28-30H,4-27H2,1-3H3. The molecule has 0 saturated heterocycles. The minimum atomic E-state index is 0.644. The Morgan fingerprint density at radius 1 is 0.406 bits per heavy atom. The number of rotatable bonds is 24. The third-order valence-electron chi connectivity index (χ3n) is 7.32. The lowest BCUT2D eigenvalue weighted by Crippen LogP contribution is -2.39. The molecule has 2 heteroatoms. The van der Waals surface area contributed by atoms with Crippen LogP contribution in [0.3, 0.4) is 0 Å². The highest BCUT2D eigenvalue weighted by molar-refractivity contribution is 4.97. The second-order valence-corrected chi connectivity index (χ2v) is 10.4. The third kappa shape index (κ3) is 15.2. The molecule has 1 rings (SSSR count). The maximum Gasteiger partial charge on any atom is 0.101 e. The summed E-state index contributed by atoms with van der Waals surface area (Å²) in [6, 6.07) is 0. The molecule has 0 aromatic carbocycles. The first-order valence-corrected chi connectivity index (χ1v) is 15.0. The van der Waals surface area contributed by atoms with Crippen molar-refractivity contribution in [2.45, 2.75) is 168 Å².